The third-order valence-electron chi connectivity index (χ3n) is 5.75. The number of ether oxygens (including phenoxy) is 2. The van der Waals surface area contributed by atoms with Crippen LogP contribution in [0.4, 0.5) is 0 Å². The minimum Gasteiger partial charge on any atom is -0.376 e. The summed E-state index contributed by atoms with van der Waals surface area (Å²) in [7, 11) is 0. The van der Waals surface area contributed by atoms with Crippen molar-refractivity contribution in [3.05, 3.63) is 33.5 Å². The van der Waals surface area contributed by atoms with E-state index < -0.39 is 0 Å². The topological polar surface area (TPSA) is 66.2 Å². The normalized spacial score (nSPS) is 21.5. The van der Waals surface area contributed by atoms with Gasteiger partial charge in [0.1, 0.15) is 15.4 Å². The van der Waals surface area contributed by atoms with Crippen LogP contribution in [-0.4, -0.2) is 32.8 Å². The van der Waals surface area contributed by atoms with Gasteiger partial charge in [-0.1, -0.05) is 6.92 Å². The summed E-state index contributed by atoms with van der Waals surface area (Å²) in [5, 5.41) is 0.970. The van der Waals surface area contributed by atoms with Gasteiger partial charge in [0.25, 0.3) is 5.56 Å². The maximum absolute atomic E-state index is 13.3. The zero-order valence-electron chi connectivity index (χ0n) is 16.6. The predicted molar refractivity (Wildman–Crippen MR) is 110 cm³/mol. The fourth-order valence-corrected chi connectivity index (χ4v) is 5.29. The van der Waals surface area contributed by atoms with Gasteiger partial charge in [-0.25, -0.2) is 9.97 Å². The Balaban J connectivity index is 1.68. The number of aryl methyl sites for hydroxylation is 1. The number of nitrogens with zero attached hydrogens (tertiary/aromatic N) is 3. The quantitative estimate of drug-likeness (QED) is 0.673. The molecule has 0 radical (unpaired) electrons. The average molecular weight is 400 g/mol. The number of aromatic nitrogens is 3. The van der Waals surface area contributed by atoms with Gasteiger partial charge in [0.15, 0.2) is 0 Å². The number of fused-ring (bicyclic) bond motifs is 4. The average Bonchev–Trinajstić information content (AvgIpc) is 3.29. The molecule has 6 nitrogen and oxygen atoms in total. The van der Waals surface area contributed by atoms with Crippen LogP contribution < -0.4 is 5.56 Å². The highest BCUT2D eigenvalue weighted by atomic mass is 32.1. The zero-order chi connectivity index (χ0) is 19.5. The first-order valence-electron chi connectivity index (χ1n) is 10.1. The Bertz CT molecular complexity index is 1130. The lowest BCUT2D eigenvalue weighted by molar-refractivity contribution is -0.0411. The molecule has 0 saturated carbocycles. The fraction of sp³-hybridized carbons (Fsp3) is 0.571. The maximum Gasteiger partial charge on any atom is 0.271 e. The molecule has 28 heavy (non-hydrogen) atoms. The van der Waals surface area contributed by atoms with E-state index in [4.69, 9.17) is 19.4 Å². The third kappa shape index (κ3) is 2.96. The smallest absolute Gasteiger partial charge is 0.271 e. The summed E-state index contributed by atoms with van der Waals surface area (Å²) in [5.41, 5.74) is 2.80. The highest BCUT2D eigenvalue weighted by Crippen LogP contribution is 2.35. The Morgan fingerprint density at radius 2 is 2.21 bits per heavy atom. The van der Waals surface area contributed by atoms with Crippen molar-refractivity contribution in [3.63, 3.8) is 0 Å². The lowest BCUT2D eigenvalue weighted by Gasteiger charge is -2.30. The van der Waals surface area contributed by atoms with Crippen molar-refractivity contribution in [2.75, 3.05) is 6.61 Å². The van der Waals surface area contributed by atoms with E-state index in [0.29, 0.717) is 24.3 Å². The summed E-state index contributed by atoms with van der Waals surface area (Å²) in [4.78, 5) is 24.0. The van der Waals surface area contributed by atoms with Crippen molar-refractivity contribution >= 4 is 31.8 Å². The molecule has 3 aromatic rings. The second kappa shape index (κ2) is 6.61. The van der Waals surface area contributed by atoms with E-state index in [1.807, 2.05) is 11.5 Å². The maximum atomic E-state index is 13.3. The van der Waals surface area contributed by atoms with Crippen LogP contribution in [0.3, 0.4) is 0 Å². The van der Waals surface area contributed by atoms with Crippen LogP contribution in [0, 0.1) is 0 Å². The highest BCUT2D eigenvalue weighted by molar-refractivity contribution is 7.25. The summed E-state index contributed by atoms with van der Waals surface area (Å²) in [6.45, 7) is 8.15. The Hall–Kier alpha value is -1.83. The molecule has 2 aliphatic rings. The van der Waals surface area contributed by atoms with Gasteiger partial charge in [0.05, 0.1) is 36.1 Å². The van der Waals surface area contributed by atoms with Crippen molar-refractivity contribution in [2.24, 2.45) is 0 Å². The molecule has 5 rings (SSSR count). The standard InChI is InChI=1S/C21H25N3O3S/c1-4-16-23-17-14-8-12-11-27-21(2,3)9-15(12)22-19(14)28-18(17)20(25)24(16)10-13-6-5-7-26-13/h8,13H,4-7,9-11H2,1-3H3. The zero-order valence-corrected chi connectivity index (χ0v) is 17.4. The molecular formula is C21H25N3O3S. The van der Waals surface area contributed by atoms with Gasteiger partial charge >= 0.3 is 0 Å². The first kappa shape index (κ1) is 18.2. The van der Waals surface area contributed by atoms with E-state index >= 15 is 0 Å². The van der Waals surface area contributed by atoms with Crippen LogP contribution >= 0.6 is 11.3 Å². The Labute approximate surface area is 167 Å². The molecule has 1 atom stereocenters. The molecule has 0 N–H and O–H groups in total. The van der Waals surface area contributed by atoms with Gasteiger partial charge < -0.3 is 9.47 Å². The van der Waals surface area contributed by atoms with Gasteiger partial charge in [-0.05, 0) is 32.8 Å². The molecular weight excluding hydrogens is 374 g/mol. The summed E-state index contributed by atoms with van der Waals surface area (Å²) in [6, 6.07) is 2.13. The van der Waals surface area contributed by atoms with E-state index in [1.165, 1.54) is 11.3 Å². The third-order valence-corrected chi connectivity index (χ3v) is 6.83. The van der Waals surface area contributed by atoms with Crippen molar-refractivity contribution in [1.82, 2.24) is 14.5 Å². The molecule has 1 fully saturated rings. The van der Waals surface area contributed by atoms with E-state index in [2.05, 4.69) is 19.9 Å². The Morgan fingerprint density at radius 1 is 1.36 bits per heavy atom. The second-order valence-corrected chi connectivity index (χ2v) is 9.38. The first-order chi connectivity index (χ1) is 13.4. The van der Waals surface area contributed by atoms with Crippen molar-refractivity contribution in [1.29, 1.82) is 0 Å². The van der Waals surface area contributed by atoms with Gasteiger partial charge in [-0.3, -0.25) is 9.36 Å². The second-order valence-electron chi connectivity index (χ2n) is 8.38. The molecule has 148 valence electrons. The minimum absolute atomic E-state index is 0.0369. The fourth-order valence-electron chi connectivity index (χ4n) is 4.23. The van der Waals surface area contributed by atoms with Gasteiger partial charge in [0.2, 0.25) is 0 Å². The molecule has 0 aliphatic carbocycles. The number of rotatable bonds is 3. The Kier molecular flexibility index (Phi) is 4.30. The molecule has 5 heterocycles. The van der Waals surface area contributed by atoms with Crippen LogP contribution in [0.2, 0.25) is 0 Å². The van der Waals surface area contributed by atoms with Crippen LogP contribution in [0.1, 0.15) is 50.7 Å². The van der Waals surface area contributed by atoms with Crippen LogP contribution in [0.5, 0.6) is 0 Å². The lowest BCUT2D eigenvalue weighted by Crippen LogP contribution is -2.32. The molecule has 7 heteroatoms. The molecule has 0 spiro atoms. The molecule has 0 aromatic carbocycles. The Morgan fingerprint density at radius 3 is 2.96 bits per heavy atom. The number of thiophene rings is 1. The molecule has 0 bridgehead atoms. The lowest BCUT2D eigenvalue weighted by atomic mass is 9.95. The molecule has 3 aromatic heterocycles. The largest absolute Gasteiger partial charge is 0.376 e. The van der Waals surface area contributed by atoms with Crippen molar-refractivity contribution < 1.29 is 9.47 Å². The molecule has 0 amide bonds. The summed E-state index contributed by atoms with van der Waals surface area (Å²) < 4.78 is 14.2. The summed E-state index contributed by atoms with van der Waals surface area (Å²) >= 11 is 1.46. The first-order valence-corrected chi connectivity index (χ1v) is 10.9. The van der Waals surface area contributed by atoms with Crippen molar-refractivity contribution in [2.45, 2.75) is 71.3 Å². The van der Waals surface area contributed by atoms with Crippen LogP contribution in [0.15, 0.2) is 10.9 Å². The van der Waals surface area contributed by atoms with Gasteiger partial charge in [-0.2, -0.15) is 0 Å². The van der Waals surface area contributed by atoms with Crippen molar-refractivity contribution in [3.8, 4) is 0 Å². The van der Waals surface area contributed by atoms with E-state index in [9.17, 15) is 4.79 Å². The SMILES string of the molecule is CCc1nc2c(sc3nc4c(cc32)COC(C)(C)C4)c(=O)n1CC1CCCO1. The van der Waals surface area contributed by atoms with Crippen LogP contribution in [-0.2, 0) is 35.5 Å². The van der Waals surface area contributed by atoms with E-state index in [0.717, 1.165) is 58.7 Å². The predicted octanol–water partition coefficient (Wildman–Crippen LogP) is 3.60. The molecule has 1 saturated heterocycles. The number of pyridine rings is 1. The highest BCUT2D eigenvalue weighted by Gasteiger charge is 2.28. The molecule has 2 aliphatic heterocycles. The summed E-state index contributed by atoms with van der Waals surface area (Å²) in [5.74, 6) is 0.822. The van der Waals surface area contributed by atoms with E-state index in [1.54, 1.807) is 0 Å². The van der Waals surface area contributed by atoms with Crippen LogP contribution in [0.25, 0.3) is 20.4 Å². The van der Waals surface area contributed by atoms with Gasteiger partial charge in [0, 0.05) is 30.4 Å². The molecule has 1 unspecified atom stereocenters. The monoisotopic (exact) mass is 399 g/mol. The summed E-state index contributed by atoms with van der Waals surface area (Å²) in [6.07, 6.45) is 3.67. The van der Waals surface area contributed by atoms with E-state index in [-0.39, 0.29) is 17.3 Å². The van der Waals surface area contributed by atoms with Gasteiger partial charge in [-0.15, -0.1) is 11.3 Å². The number of hydrogen-bond donors (Lipinski definition) is 0. The number of hydrogen-bond acceptors (Lipinski definition) is 6. The minimum atomic E-state index is -0.202.